The Bertz CT molecular complexity index is 616. The number of hydrogen-bond acceptors (Lipinski definition) is 3. The summed E-state index contributed by atoms with van der Waals surface area (Å²) in [5.41, 5.74) is -1.51. The summed E-state index contributed by atoms with van der Waals surface area (Å²) in [5.74, 6) is -1.14. The maximum absolute atomic E-state index is 13.0. The van der Waals surface area contributed by atoms with Crippen molar-refractivity contribution >= 4 is 22.4 Å². The van der Waals surface area contributed by atoms with Crippen molar-refractivity contribution in [3.8, 4) is 0 Å². The first-order valence-corrected chi connectivity index (χ1v) is 7.78. The van der Waals surface area contributed by atoms with Gasteiger partial charge in [-0.25, -0.2) is 17.5 Å². The molecule has 0 radical (unpaired) electrons. The van der Waals surface area contributed by atoms with Crippen LogP contribution in [0.4, 0.5) is 17.6 Å². The molecule has 0 aliphatic carbocycles. The quantitative estimate of drug-likeness (QED) is 0.808. The highest BCUT2D eigenvalue weighted by molar-refractivity contribution is 7.89. The Hall–Kier alpha value is -0.900. The number of hydrogen-bond donors (Lipinski definition) is 2. The first kappa shape index (κ1) is 19.1. The van der Waals surface area contributed by atoms with Gasteiger partial charge in [0.05, 0.1) is 10.5 Å². The van der Waals surface area contributed by atoms with Gasteiger partial charge in [0.2, 0.25) is 10.0 Å². The molecule has 10 heteroatoms. The van der Waals surface area contributed by atoms with Crippen molar-refractivity contribution in [2.45, 2.75) is 30.0 Å². The Morgan fingerprint density at radius 1 is 1.32 bits per heavy atom. The number of rotatable bonds is 4. The molecule has 1 aromatic carbocycles. The summed E-state index contributed by atoms with van der Waals surface area (Å²) in [6.45, 7) is 0.744. The van der Waals surface area contributed by atoms with Crippen LogP contribution in [0, 0.1) is 5.82 Å². The molecule has 1 heterocycles. The Kier molecular flexibility index (Phi) is 6.19. The predicted molar refractivity (Wildman–Crippen MR) is 74.9 cm³/mol. The van der Waals surface area contributed by atoms with Crippen LogP contribution in [0.1, 0.15) is 18.4 Å². The summed E-state index contributed by atoms with van der Waals surface area (Å²) < 4.78 is 77.6. The standard InChI is InChI=1S/C12H14F4N2O2S.ClH/c13-8-3-4-11(10(6-8)12(14,15)16)21(19,20)18-7-9-2-1-5-17-9;/h3-4,6,9,17-18H,1-2,5,7H2;1H. The van der Waals surface area contributed by atoms with Gasteiger partial charge in [-0.3, -0.25) is 0 Å². The van der Waals surface area contributed by atoms with Crippen LogP contribution >= 0.6 is 12.4 Å². The third kappa shape index (κ3) is 4.55. The second kappa shape index (κ2) is 7.12. The van der Waals surface area contributed by atoms with Gasteiger partial charge < -0.3 is 5.32 Å². The fourth-order valence-corrected chi connectivity index (χ4v) is 3.46. The SMILES string of the molecule is Cl.O=S(=O)(NCC1CCCN1)c1ccc(F)cc1C(F)(F)F. The van der Waals surface area contributed by atoms with E-state index < -0.39 is 32.5 Å². The molecule has 1 aliphatic rings. The average molecular weight is 363 g/mol. The molecule has 4 nitrogen and oxygen atoms in total. The Morgan fingerprint density at radius 2 is 2.00 bits per heavy atom. The van der Waals surface area contributed by atoms with Gasteiger partial charge in [-0.1, -0.05) is 0 Å². The second-order valence-electron chi connectivity index (χ2n) is 4.78. The molecule has 22 heavy (non-hydrogen) atoms. The van der Waals surface area contributed by atoms with Crippen molar-refractivity contribution in [3.63, 3.8) is 0 Å². The summed E-state index contributed by atoms with van der Waals surface area (Å²) in [6, 6.07) is 1.40. The van der Waals surface area contributed by atoms with Crippen molar-refractivity contribution in [3.05, 3.63) is 29.6 Å². The lowest BCUT2D eigenvalue weighted by Gasteiger charge is -2.16. The number of sulfonamides is 1. The van der Waals surface area contributed by atoms with Crippen LogP contribution in [-0.4, -0.2) is 27.5 Å². The number of benzene rings is 1. The summed E-state index contributed by atoms with van der Waals surface area (Å²) in [5, 5.41) is 3.03. The van der Waals surface area contributed by atoms with Crippen LogP contribution in [0.15, 0.2) is 23.1 Å². The minimum atomic E-state index is -4.95. The van der Waals surface area contributed by atoms with Gasteiger partial charge in [-0.2, -0.15) is 13.2 Å². The van der Waals surface area contributed by atoms with Crippen molar-refractivity contribution in [2.75, 3.05) is 13.1 Å². The molecule has 0 amide bonds. The van der Waals surface area contributed by atoms with E-state index in [1.807, 2.05) is 0 Å². The van der Waals surface area contributed by atoms with Crippen LogP contribution in [0.2, 0.25) is 0 Å². The average Bonchev–Trinajstić information content (AvgIpc) is 2.88. The van der Waals surface area contributed by atoms with E-state index in [9.17, 15) is 26.0 Å². The molecule has 0 aromatic heterocycles. The smallest absolute Gasteiger partial charge is 0.313 e. The molecule has 1 atom stereocenters. The van der Waals surface area contributed by atoms with Gasteiger partial charge in [0, 0.05) is 12.6 Å². The normalized spacial score (nSPS) is 19.0. The molecule has 1 fully saturated rings. The number of alkyl halides is 3. The first-order valence-electron chi connectivity index (χ1n) is 6.30. The molecule has 1 aliphatic heterocycles. The maximum atomic E-state index is 13.0. The fourth-order valence-electron chi connectivity index (χ4n) is 2.18. The largest absolute Gasteiger partial charge is 0.417 e. The van der Waals surface area contributed by atoms with E-state index in [2.05, 4.69) is 10.0 Å². The van der Waals surface area contributed by atoms with E-state index in [4.69, 9.17) is 0 Å². The minimum absolute atomic E-state index is 0. The fraction of sp³-hybridized carbons (Fsp3) is 0.500. The van der Waals surface area contributed by atoms with Crippen molar-refractivity contribution in [2.24, 2.45) is 0 Å². The van der Waals surface area contributed by atoms with E-state index in [0.29, 0.717) is 12.1 Å². The van der Waals surface area contributed by atoms with Crippen molar-refractivity contribution in [1.29, 1.82) is 0 Å². The van der Waals surface area contributed by atoms with Crippen LogP contribution < -0.4 is 10.0 Å². The van der Waals surface area contributed by atoms with Gasteiger partial charge >= 0.3 is 6.18 Å². The van der Waals surface area contributed by atoms with Gasteiger partial charge in [0.1, 0.15) is 5.82 Å². The monoisotopic (exact) mass is 362 g/mol. The maximum Gasteiger partial charge on any atom is 0.417 e. The molecule has 2 rings (SSSR count). The van der Waals surface area contributed by atoms with Gasteiger partial charge in [-0.05, 0) is 37.6 Å². The predicted octanol–water partition coefficient (Wildman–Crippen LogP) is 2.30. The summed E-state index contributed by atoms with van der Waals surface area (Å²) in [4.78, 5) is -0.964. The molecule has 0 bridgehead atoms. The molecule has 1 saturated heterocycles. The Labute approximate surface area is 131 Å². The van der Waals surface area contributed by atoms with Gasteiger partial charge in [0.25, 0.3) is 0 Å². The highest BCUT2D eigenvalue weighted by atomic mass is 35.5. The molecule has 2 N–H and O–H groups in total. The number of halogens is 5. The molecular weight excluding hydrogens is 348 g/mol. The van der Waals surface area contributed by atoms with E-state index >= 15 is 0 Å². The summed E-state index contributed by atoms with van der Waals surface area (Å²) in [7, 11) is -4.35. The number of nitrogens with one attached hydrogen (secondary N) is 2. The highest BCUT2D eigenvalue weighted by Gasteiger charge is 2.37. The highest BCUT2D eigenvalue weighted by Crippen LogP contribution is 2.34. The molecule has 1 unspecified atom stereocenters. The third-order valence-corrected chi connectivity index (χ3v) is 4.70. The minimum Gasteiger partial charge on any atom is -0.313 e. The van der Waals surface area contributed by atoms with Gasteiger partial charge in [0.15, 0.2) is 0 Å². The van der Waals surface area contributed by atoms with E-state index in [-0.39, 0.29) is 31.1 Å². The Morgan fingerprint density at radius 3 is 2.55 bits per heavy atom. The van der Waals surface area contributed by atoms with Crippen molar-refractivity contribution in [1.82, 2.24) is 10.0 Å². The van der Waals surface area contributed by atoms with E-state index in [1.54, 1.807) is 0 Å². The van der Waals surface area contributed by atoms with Crippen LogP contribution in [0.25, 0.3) is 0 Å². The second-order valence-corrected chi connectivity index (χ2v) is 6.52. The first-order chi connectivity index (χ1) is 9.70. The van der Waals surface area contributed by atoms with Crippen LogP contribution in [-0.2, 0) is 16.2 Å². The summed E-state index contributed by atoms with van der Waals surface area (Å²) >= 11 is 0. The van der Waals surface area contributed by atoms with E-state index in [1.165, 1.54) is 0 Å². The lowest BCUT2D eigenvalue weighted by atomic mass is 10.2. The molecule has 0 spiro atoms. The topological polar surface area (TPSA) is 58.2 Å². The van der Waals surface area contributed by atoms with E-state index in [0.717, 1.165) is 19.4 Å². The lowest BCUT2D eigenvalue weighted by molar-refractivity contribution is -0.140. The zero-order valence-corrected chi connectivity index (χ0v) is 12.9. The molecule has 1 aromatic rings. The molecule has 0 saturated carbocycles. The third-order valence-electron chi connectivity index (χ3n) is 3.22. The van der Waals surface area contributed by atoms with Crippen LogP contribution in [0.3, 0.4) is 0 Å². The zero-order chi connectivity index (χ0) is 15.7. The summed E-state index contributed by atoms with van der Waals surface area (Å²) in [6.07, 6.45) is -3.31. The Balaban J connectivity index is 0.00000242. The van der Waals surface area contributed by atoms with Crippen LogP contribution in [0.5, 0.6) is 0 Å². The lowest BCUT2D eigenvalue weighted by Crippen LogP contribution is -2.37. The van der Waals surface area contributed by atoms with Gasteiger partial charge in [-0.15, -0.1) is 12.4 Å². The molecule has 126 valence electrons. The molecular formula is C12H15ClF4N2O2S. The van der Waals surface area contributed by atoms with Crippen molar-refractivity contribution < 1.29 is 26.0 Å². The zero-order valence-electron chi connectivity index (χ0n) is 11.3.